The van der Waals surface area contributed by atoms with Crippen molar-refractivity contribution in [3.8, 4) is 6.07 Å². The molecule has 1 atom stereocenters. The summed E-state index contributed by atoms with van der Waals surface area (Å²) in [6, 6.07) is 35.3. The van der Waals surface area contributed by atoms with Crippen LogP contribution < -0.4 is 34.1 Å². The van der Waals surface area contributed by atoms with Gasteiger partial charge in [-0.15, -0.1) is 0 Å². The Morgan fingerprint density at radius 1 is 0.722 bits per heavy atom. The van der Waals surface area contributed by atoms with E-state index in [0.717, 1.165) is 68.6 Å². The normalized spacial score (nSPS) is 16.5. The first-order valence-corrected chi connectivity index (χ1v) is 34.4. The lowest BCUT2D eigenvalue weighted by Gasteiger charge is -2.35. The number of carbonyl (C=O) groups excluding carboxylic acids is 1. The number of anilines is 1. The molecule has 0 aromatic heterocycles. The number of nitrogens with zero attached hydrogens (tertiary/aromatic N) is 5. The molecule has 6 aromatic rings. The van der Waals surface area contributed by atoms with Crippen LogP contribution in [0.15, 0.2) is 143 Å². The maximum Gasteiger partial charge on any atom is 0.302 e. The fourth-order valence-electron chi connectivity index (χ4n) is 13.3. The van der Waals surface area contributed by atoms with Gasteiger partial charge in [0.15, 0.2) is 11.4 Å². The highest BCUT2D eigenvalue weighted by Gasteiger charge is 2.47. The molecule has 0 fully saturated rings. The first-order chi connectivity index (χ1) is 42.4. The number of nitriles is 1. The van der Waals surface area contributed by atoms with Crippen LogP contribution in [0.25, 0.3) is 32.3 Å². The summed E-state index contributed by atoms with van der Waals surface area (Å²) < 4.78 is 66.1. The van der Waals surface area contributed by atoms with Crippen LogP contribution in [0.3, 0.4) is 0 Å². The van der Waals surface area contributed by atoms with Crippen molar-refractivity contribution in [2.75, 3.05) is 44.4 Å². The van der Waals surface area contributed by atoms with Crippen LogP contribution in [0, 0.1) is 11.3 Å². The smallest absolute Gasteiger partial charge is 0.302 e. The number of carbonyl (C=O) groups is 1. The number of rotatable bonds is 27. The topological polar surface area (TPSA) is 180 Å². The maximum absolute atomic E-state index is 12.3. The lowest BCUT2D eigenvalue weighted by atomic mass is 9.79. The van der Waals surface area contributed by atoms with Crippen LogP contribution in [-0.2, 0) is 54.3 Å². The summed E-state index contributed by atoms with van der Waals surface area (Å²) in [5.41, 5.74) is 9.93. The van der Waals surface area contributed by atoms with Crippen molar-refractivity contribution >= 4 is 97.5 Å². The number of unbranched alkanes of at least 4 members (excludes halogenated alkanes) is 4. The standard InChI is InChI=1S/C49H61N4O8PS2.C22H28NO2.HI/c1-10-51-41-27-25-39-40(32-37(64(55,56)57)33-43(39)63-61-60-54)47(41)48(6,7)44(51)22-13-11-14-23-45-49(8,9)46-38-21-16-15-20-36(38)24-26-42(46)52(45)29-17-12-18-30-58-62(59-31-19-28-50)53(34(2)3)35(4)5;1-16-22(3,4)21-19-11-7-6-10-18(19)12-13-20(21)23(16)14-8-5-9-15-25-17(2)24;/h11,13-16,20-27,32-35H,10,12,17-19,29-31H2,1-9H3,(H-,54,55,56,57);6-7,10-13H,5,8-9,14-15H2,1-4H3;1H/q;+1;/p-2. The number of fused-ring (bicyclic) bond motifs is 9. The SMILES string of the molecule is CC(=O)OCCCCC[N+]1=C(C)C(C)(C)c2c1ccc1ccccc21.CCN1C(=CC=CC=CC2=[N+](CCCCCOP(OCCC#N)N(C(C)C)C(C)C)c3ccc4ccccc4c3C2(C)C)C(C)(C)c2c1ccc1c(SOO[O-])cc(S(=O)(=O)[O-])cc21.[I-]. The second-order valence-electron chi connectivity index (χ2n) is 25.0. The largest absolute Gasteiger partial charge is 1.00 e. The molecule has 19 heteroatoms. The number of halogens is 1. The van der Waals surface area contributed by atoms with Gasteiger partial charge in [-0.05, 0) is 162 Å². The third-order valence-corrected chi connectivity index (χ3v) is 21.1. The van der Waals surface area contributed by atoms with Crippen molar-refractivity contribution in [3.05, 3.63) is 150 Å². The number of benzene rings is 6. The van der Waals surface area contributed by atoms with Crippen molar-refractivity contribution in [2.45, 2.75) is 173 Å². The Labute approximate surface area is 556 Å². The zero-order valence-corrected chi connectivity index (χ0v) is 59.1. The quantitative estimate of drug-likeness (QED) is 0.00454. The van der Waals surface area contributed by atoms with Crippen LogP contribution in [0.4, 0.5) is 17.1 Å². The van der Waals surface area contributed by atoms with Crippen molar-refractivity contribution in [1.82, 2.24) is 4.67 Å². The molecule has 3 aliphatic heterocycles. The fourth-order valence-corrected chi connectivity index (χ4v) is 16.0. The van der Waals surface area contributed by atoms with E-state index in [1.54, 1.807) is 0 Å². The molecule has 0 amide bonds. The number of hydrogen-bond acceptors (Lipinski definition) is 14. The van der Waals surface area contributed by atoms with E-state index >= 15 is 0 Å². The summed E-state index contributed by atoms with van der Waals surface area (Å²) >= 11 is 0.564. The highest BCUT2D eigenvalue weighted by molar-refractivity contribution is 7.94. The second kappa shape index (κ2) is 31.5. The molecule has 3 heterocycles. The van der Waals surface area contributed by atoms with Gasteiger partial charge in [-0.1, -0.05) is 86.7 Å². The van der Waals surface area contributed by atoms with Crippen LogP contribution in [0.5, 0.6) is 0 Å². The minimum Gasteiger partial charge on any atom is -1.00 e. The summed E-state index contributed by atoms with van der Waals surface area (Å²) in [6.45, 7) is 31.8. The number of hydrogen-bond donors (Lipinski definition) is 0. The van der Waals surface area contributed by atoms with Gasteiger partial charge in [0.05, 0.1) is 60.1 Å². The third kappa shape index (κ3) is 15.8. The van der Waals surface area contributed by atoms with E-state index in [9.17, 15) is 23.0 Å². The molecule has 0 radical (unpaired) electrons. The lowest BCUT2D eigenvalue weighted by Crippen LogP contribution is -3.00. The summed E-state index contributed by atoms with van der Waals surface area (Å²) in [6.07, 6.45) is 16.8. The number of likely N-dealkylation sites (N-methyl/N-ethyl adjacent to an activating group) is 1. The molecule has 6 aromatic carbocycles. The van der Waals surface area contributed by atoms with Crippen LogP contribution >= 0.6 is 20.6 Å². The Kier molecular flexibility index (Phi) is 25.2. The van der Waals surface area contributed by atoms with Gasteiger partial charge in [-0.3, -0.25) is 9.83 Å². The van der Waals surface area contributed by atoms with Gasteiger partial charge in [-0.2, -0.15) is 18.7 Å². The highest BCUT2D eigenvalue weighted by atomic mass is 127. The molecule has 482 valence electrons. The molecule has 15 nitrogen and oxygen atoms in total. The van der Waals surface area contributed by atoms with Crippen LogP contribution in [0.1, 0.15) is 152 Å². The van der Waals surface area contributed by atoms with E-state index in [-0.39, 0.29) is 57.8 Å². The van der Waals surface area contributed by atoms with Gasteiger partial charge >= 0.3 is 5.97 Å². The Hall–Kier alpha value is -5.40. The highest BCUT2D eigenvalue weighted by Crippen LogP contribution is 2.53. The summed E-state index contributed by atoms with van der Waals surface area (Å²) in [7, 11) is -6.10. The minimum atomic E-state index is -4.83. The van der Waals surface area contributed by atoms with Crippen molar-refractivity contribution in [1.29, 1.82) is 5.26 Å². The predicted molar refractivity (Wildman–Crippen MR) is 357 cm³/mol. The molecule has 0 bridgehead atoms. The summed E-state index contributed by atoms with van der Waals surface area (Å²) in [4.78, 5) is 12.9. The summed E-state index contributed by atoms with van der Waals surface area (Å²) in [5, 5.41) is 29.7. The Morgan fingerprint density at radius 3 is 1.90 bits per heavy atom. The maximum atomic E-state index is 12.3. The van der Waals surface area contributed by atoms with E-state index in [0.29, 0.717) is 55.6 Å². The molecule has 9 rings (SSSR count). The van der Waals surface area contributed by atoms with Crippen molar-refractivity contribution in [2.24, 2.45) is 0 Å². The molecular formula is C71H88IN5O10PS2-. The van der Waals surface area contributed by atoms with E-state index in [1.165, 1.54) is 74.5 Å². The third-order valence-electron chi connectivity index (χ3n) is 17.5. The molecular weight excluding hydrogens is 1300 g/mol. The second-order valence-corrected chi connectivity index (χ2v) is 28.6. The molecule has 0 N–H and O–H groups in total. The zero-order valence-electron chi connectivity index (χ0n) is 54.4. The van der Waals surface area contributed by atoms with Gasteiger partial charge in [0.25, 0.3) is 8.53 Å². The first-order valence-electron chi connectivity index (χ1n) is 31.1. The van der Waals surface area contributed by atoms with Crippen LogP contribution in [-0.4, -0.2) is 95.7 Å². The van der Waals surface area contributed by atoms with E-state index in [1.807, 2.05) is 24.3 Å². The fraction of sp³-hybridized carbons (Fsp3) is 0.437. The van der Waals surface area contributed by atoms with Gasteiger partial charge in [0, 0.05) is 96.3 Å². The van der Waals surface area contributed by atoms with E-state index < -0.39 is 29.0 Å². The van der Waals surface area contributed by atoms with Gasteiger partial charge < -0.3 is 52.5 Å². The van der Waals surface area contributed by atoms with Gasteiger partial charge in [-0.25, -0.2) is 13.1 Å². The first kappa shape index (κ1) is 72.0. The Balaban J connectivity index is 0.000000368. The number of allylic oxidation sites excluding steroid dienone is 6. The molecule has 0 saturated heterocycles. The zero-order chi connectivity index (χ0) is 64.4. The molecule has 0 saturated carbocycles. The predicted octanol–water partition coefficient (Wildman–Crippen LogP) is 12.8. The average Bonchev–Trinajstić information content (AvgIpc) is 1.58. The minimum absolute atomic E-state index is 0. The van der Waals surface area contributed by atoms with Crippen molar-refractivity contribution in [3.63, 3.8) is 0 Å². The van der Waals surface area contributed by atoms with Gasteiger partial charge in [0.1, 0.15) is 23.2 Å². The summed E-state index contributed by atoms with van der Waals surface area (Å²) in [5.74, 6) is -0.189. The van der Waals surface area contributed by atoms with Gasteiger partial charge in [0.2, 0.25) is 11.4 Å². The lowest BCUT2D eigenvalue weighted by molar-refractivity contribution is -0.777. The Morgan fingerprint density at radius 2 is 1.31 bits per heavy atom. The van der Waals surface area contributed by atoms with E-state index in [4.69, 9.17) is 19.0 Å². The Bertz CT molecular complexity index is 3880. The van der Waals surface area contributed by atoms with Crippen LogP contribution in [0.2, 0.25) is 0 Å². The monoisotopic (exact) mass is 1390 g/mol. The molecule has 90 heavy (non-hydrogen) atoms. The van der Waals surface area contributed by atoms with E-state index in [2.05, 4.69) is 208 Å². The average molecular weight is 1390 g/mol. The number of ether oxygens (including phenoxy) is 1. The number of esters is 1. The molecule has 3 aliphatic rings. The molecule has 0 spiro atoms. The van der Waals surface area contributed by atoms with Crippen molar-refractivity contribution < 1.29 is 79.3 Å². The molecule has 0 aliphatic carbocycles. The molecule has 1 unspecified atom stereocenters.